The highest BCUT2D eigenvalue weighted by molar-refractivity contribution is 7.71. The van der Waals surface area contributed by atoms with E-state index >= 15 is 0 Å². The Morgan fingerprint density at radius 3 is 2.92 bits per heavy atom. The van der Waals surface area contributed by atoms with Crippen LogP contribution in [0.25, 0.3) is 10.8 Å². The van der Waals surface area contributed by atoms with Crippen LogP contribution in [0, 0.1) is 10.8 Å². The van der Waals surface area contributed by atoms with E-state index in [0.717, 1.165) is 43.8 Å². The van der Waals surface area contributed by atoms with Gasteiger partial charge in [0, 0.05) is 25.6 Å². The van der Waals surface area contributed by atoms with Crippen LogP contribution in [-0.4, -0.2) is 40.2 Å². The summed E-state index contributed by atoms with van der Waals surface area (Å²) in [5, 5.41) is 9.56. The summed E-state index contributed by atoms with van der Waals surface area (Å²) in [7, 11) is 0. The van der Waals surface area contributed by atoms with Crippen molar-refractivity contribution in [2.24, 2.45) is 5.92 Å². The average Bonchev–Trinajstić information content (AvgIpc) is 3.30. The van der Waals surface area contributed by atoms with Crippen LogP contribution in [0.2, 0.25) is 0 Å². The molecule has 1 aliphatic rings. The van der Waals surface area contributed by atoms with Crippen molar-refractivity contribution in [1.82, 2.24) is 20.0 Å². The standard InChI is InChI=1S/C18H26N4O2S2/c1-2-3-4-9-19-16(23)14-7-10-21(11-8-14)13-22-18(25)24-17(20-22)15-6-5-12-26-15/h5-6,12,14H,2-4,7-11,13H2,1H3,(H,19,23). The SMILES string of the molecule is CCCCCNC(=O)C1CCN(Cn2nc(-c3cccs3)oc2=S)CC1. The van der Waals surface area contributed by atoms with Gasteiger partial charge in [-0.2, -0.15) is 0 Å². The fourth-order valence-electron chi connectivity index (χ4n) is 3.15. The van der Waals surface area contributed by atoms with Gasteiger partial charge in [-0.1, -0.05) is 25.8 Å². The molecule has 26 heavy (non-hydrogen) atoms. The third-order valence-electron chi connectivity index (χ3n) is 4.71. The number of unbranched alkanes of at least 4 members (excludes halogenated alkanes) is 2. The number of aromatic nitrogens is 2. The van der Waals surface area contributed by atoms with Crippen LogP contribution in [0.4, 0.5) is 0 Å². The third kappa shape index (κ3) is 5.02. The zero-order valence-electron chi connectivity index (χ0n) is 15.1. The molecule has 0 saturated carbocycles. The Labute approximate surface area is 163 Å². The van der Waals surface area contributed by atoms with E-state index in [0.29, 0.717) is 17.4 Å². The smallest absolute Gasteiger partial charge is 0.288 e. The maximum absolute atomic E-state index is 12.2. The fourth-order valence-corrected chi connectivity index (χ4v) is 3.97. The van der Waals surface area contributed by atoms with Crippen LogP contribution in [0.15, 0.2) is 21.9 Å². The first-order valence-electron chi connectivity index (χ1n) is 9.29. The van der Waals surface area contributed by atoms with E-state index in [9.17, 15) is 4.79 Å². The molecule has 1 fully saturated rings. The van der Waals surface area contributed by atoms with Crippen LogP contribution in [0.3, 0.4) is 0 Å². The van der Waals surface area contributed by atoms with E-state index in [-0.39, 0.29) is 11.8 Å². The number of nitrogens with zero attached hydrogens (tertiary/aromatic N) is 3. The van der Waals surface area contributed by atoms with E-state index in [2.05, 4.69) is 22.2 Å². The van der Waals surface area contributed by atoms with Crippen molar-refractivity contribution in [1.29, 1.82) is 0 Å². The Balaban J connectivity index is 1.47. The summed E-state index contributed by atoms with van der Waals surface area (Å²) in [5.74, 6) is 0.907. The molecule has 0 spiro atoms. The largest absolute Gasteiger partial charge is 0.408 e. The lowest BCUT2D eigenvalue weighted by atomic mass is 9.96. The normalized spacial score (nSPS) is 16.0. The minimum absolute atomic E-state index is 0.125. The van der Waals surface area contributed by atoms with Gasteiger partial charge in [0.2, 0.25) is 5.91 Å². The third-order valence-corrected chi connectivity index (χ3v) is 5.86. The molecule has 1 saturated heterocycles. The number of hydrogen-bond donors (Lipinski definition) is 1. The summed E-state index contributed by atoms with van der Waals surface area (Å²) in [6, 6.07) is 3.94. The molecule has 8 heteroatoms. The maximum atomic E-state index is 12.2. The molecule has 142 valence electrons. The number of piperidine rings is 1. The first kappa shape index (κ1) is 19.3. The Kier molecular flexibility index (Phi) is 6.99. The highest BCUT2D eigenvalue weighted by Crippen LogP contribution is 2.24. The van der Waals surface area contributed by atoms with E-state index in [1.165, 1.54) is 12.8 Å². The van der Waals surface area contributed by atoms with Gasteiger partial charge in [0.1, 0.15) is 0 Å². The number of hydrogen-bond acceptors (Lipinski definition) is 6. The van der Waals surface area contributed by atoms with Gasteiger partial charge in [-0.3, -0.25) is 9.69 Å². The van der Waals surface area contributed by atoms with Crippen LogP contribution >= 0.6 is 23.6 Å². The molecule has 3 heterocycles. The second kappa shape index (κ2) is 9.43. The minimum Gasteiger partial charge on any atom is -0.408 e. The van der Waals surface area contributed by atoms with Gasteiger partial charge in [0.25, 0.3) is 10.7 Å². The minimum atomic E-state index is 0.125. The van der Waals surface area contributed by atoms with Gasteiger partial charge in [0.05, 0.1) is 11.5 Å². The first-order valence-corrected chi connectivity index (χ1v) is 10.6. The number of nitrogens with one attached hydrogen (secondary N) is 1. The topological polar surface area (TPSA) is 63.3 Å². The van der Waals surface area contributed by atoms with Crippen molar-refractivity contribution in [2.75, 3.05) is 19.6 Å². The van der Waals surface area contributed by atoms with Gasteiger partial charge in [-0.15, -0.1) is 16.4 Å². The number of carbonyl (C=O) groups excluding carboxylic acids is 1. The lowest BCUT2D eigenvalue weighted by molar-refractivity contribution is -0.126. The second-order valence-electron chi connectivity index (χ2n) is 6.68. The van der Waals surface area contributed by atoms with Gasteiger partial charge in [-0.05, 0) is 42.9 Å². The van der Waals surface area contributed by atoms with Gasteiger partial charge < -0.3 is 9.73 Å². The molecule has 0 unspecified atom stereocenters. The Bertz CT molecular complexity index is 746. The lowest BCUT2D eigenvalue weighted by Crippen LogP contribution is -2.41. The molecule has 0 aliphatic carbocycles. The van der Waals surface area contributed by atoms with Crippen molar-refractivity contribution in [3.8, 4) is 10.8 Å². The number of thiophene rings is 1. The number of likely N-dealkylation sites (tertiary alicyclic amines) is 1. The molecule has 1 N–H and O–H groups in total. The highest BCUT2D eigenvalue weighted by atomic mass is 32.1. The molecule has 0 bridgehead atoms. The fraction of sp³-hybridized carbons (Fsp3) is 0.611. The van der Waals surface area contributed by atoms with Crippen LogP contribution in [-0.2, 0) is 11.5 Å². The second-order valence-corrected chi connectivity index (χ2v) is 7.98. The molecule has 2 aromatic rings. The molecule has 0 radical (unpaired) electrons. The number of rotatable bonds is 8. The van der Waals surface area contributed by atoms with E-state index in [4.69, 9.17) is 16.6 Å². The molecular weight excluding hydrogens is 368 g/mol. The monoisotopic (exact) mass is 394 g/mol. The Hall–Kier alpha value is -1.51. The molecule has 1 amide bonds. The quantitative estimate of drug-likeness (QED) is 0.543. The highest BCUT2D eigenvalue weighted by Gasteiger charge is 2.25. The molecule has 6 nitrogen and oxygen atoms in total. The Morgan fingerprint density at radius 1 is 1.42 bits per heavy atom. The average molecular weight is 395 g/mol. The first-order chi connectivity index (χ1) is 12.7. The van der Waals surface area contributed by atoms with Crippen molar-refractivity contribution in [2.45, 2.75) is 45.7 Å². The molecule has 1 aliphatic heterocycles. The van der Waals surface area contributed by atoms with Crippen LogP contribution in [0.1, 0.15) is 39.0 Å². The molecule has 3 rings (SSSR count). The molecular formula is C18H26N4O2S2. The number of amides is 1. The molecule has 0 aromatic carbocycles. The van der Waals surface area contributed by atoms with E-state index in [1.807, 2.05) is 17.5 Å². The van der Waals surface area contributed by atoms with Gasteiger partial charge >= 0.3 is 0 Å². The van der Waals surface area contributed by atoms with Gasteiger partial charge in [0.15, 0.2) is 0 Å². The maximum Gasteiger partial charge on any atom is 0.288 e. The van der Waals surface area contributed by atoms with Crippen LogP contribution in [0.5, 0.6) is 0 Å². The van der Waals surface area contributed by atoms with Gasteiger partial charge in [-0.25, -0.2) is 4.68 Å². The Morgan fingerprint density at radius 2 is 2.23 bits per heavy atom. The summed E-state index contributed by atoms with van der Waals surface area (Å²) in [6.45, 7) is 5.32. The summed E-state index contributed by atoms with van der Waals surface area (Å²) in [5.41, 5.74) is 0. The molecule has 0 atom stereocenters. The predicted octanol–water partition coefficient (Wildman–Crippen LogP) is 3.91. The van der Waals surface area contributed by atoms with Crippen molar-refractivity contribution >= 4 is 29.5 Å². The molecule has 2 aromatic heterocycles. The predicted molar refractivity (Wildman–Crippen MR) is 105 cm³/mol. The number of carbonyl (C=O) groups is 1. The summed E-state index contributed by atoms with van der Waals surface area (Å²) in [4.78, 5) is 15.9. The van der Waals surface area contributed by atoms with Crippen LogP contribution < -0.4 is 5.32 Å². The summed E-state index contributed by atoms with van der Waals surface area (Å²) < 4.78 is 7.34. The summed E-state index contributed by atoms with van der Waals surface area (Å²) >= 11 is 6.88. The lowest BCUT2D eigenvalue weighted by Gasteiger charge is -2.30. The van der Waals surface area contributed by atoms with E-state index < -0.39 is 0 Å². The van der Waals surface area contributed by atoms with Crippen molar-refractivity contribution < 1.29 is 9.21 Å². The summed E-state index contributed by atoms with van der Waals surface area (Å²) in [6.07, 6.45) is 5.17. The van der Waals surface area contributed by atoms with Crippen molar-refractivity contribution in [3.05, 3.63) is 22.4 Å². The van der Waals surface area contributed by atoms with E-state index in [1.54, 1.807) is 16.0 Å². The zero-order valence-corrected chi connectivity index (χ0v) is 16.8. The zero-order chi connectivity index (χ0) is 18.4. The van der Waals surface area contributed by atoms with Crippen molar-refractivity contribution in [3.63, 3.8) is 0 Å².